The minimum absolute atomic E-state index is 0.662. The molecule has 0 aromatic rings. The van der Waals surface area contributed by atoms with Gasteiger partial charge in [0.1, 0.15) is 0 Å². The van der Waals surface area contributed by atoms with Crippen molar-refractivity contribution in [2.75, 3.05) is 19.6 Å². The fourth-order valence-corrected chi connectivity index (χ4v) is 2.91. The van der Waals surface area contributed by atoms with Gasteiger partial charge in [0.2, 0.25) is 0 Å². The predicted octanol–water partition coefficient (Wildman–Crippen LogP) is 2.13. The molecule has 2 fully saturated rings. The Kier molecular flexibility index (Phi) is 2.34. The van der Waals surface area contributed by atoms with Gasteiger partial charge in [0.15, 0.2) is 0 Å². The second kappa shape index (κ2) is 3.35. The molecule has 1 spiro atoms. The number of hydrogen-bond acceptors (Lipinski definition) is 1. The Morgan fingerprint density at radius 1 is 1.54 bits per heavy atom. The first-order chi connectivity index (χ1) is 6.27. The summed E-state index contributed by atoms with van der Waals surface area (Å²) < 4.78 is 0. The fourth-order valence-electron chi connectivity index (χ4n) is 2.91. The normalized spacial score (nSPS) is 32.5. The molecule has 13 heavy (non-hydrogen) atoms. The molecule has 1 heteroatoms. The Bertz CT molecular complexity index is 222. The van der Waals surface area contributed by atoms with Crippen LogP contribution in [-0.4, -0.2) is 24.5 Å². The molecule has 1 saturated carbocycles. The standard InChI is InChI=1S/C12H19N/c1-3-8-13-9-5-11(2)12(10-13)6-4-7-12/h1,11H,4-10H2,2H3. The summed E-state index contributed by atoms with van der Waals surface area (Å²) in [7, 11) is 0. The zero-order valence-electron chi connectivity index (χ0n) is 8.55. The van der Waals surface area contributed by atoms with Crippen LogP contribution in [0.1, 0.15) is 32.6 Å². The van der Waals surface area contributed by atoms with Crippen molar-refractivity contribution in [2.45, 2.75) is 32.6 Å². The van der Waals surface area contributed by atoms with Crippen molar-refractivity contribution in [3.63, 3.8) is 0 Å². The van der Waals surface area contributed by atoms with Crippen LogP contribution in [0.2, 0.25) is 0 Å². The number of piperidine rings is 1. The smallest absolute Gasteiger partial charge is 0.0599 e. The molecule has 1 aliphatic carbocycles. The van der Waals surface area contributed by atoms with E-state index in [9.17, 15) is 0 Å². The zero-order chi connectivity index (χ0) is 9.31. The Labute approximate surface area is 81.5 Å². The van der Waals surface area contributed by atoms with Crippen LogP contribution < -0.4 is 0 Å². The lowest BCUT2D eigenvalue weighted by molar-refractivity contribution is -0.0233. The highest BCUT2D eigenvalue weighted by molar-refractivity contribution is 4.99. The molecular weight excluding hydrogens is 158 g/mol. The fraction of sp³-hybridized carbons (Fsp3) is 0.833. The van der Waals surface area contributed by atoms with Gasteiger partial charge < -0.3 is 0 Å². The molecule has 0 radical (unpaired) electrons. The van der Waals surface area contributed by atoms with Crippen LogP contribution in [0.4, 0.5) is 0 Å². The van der Waals surface area contributed by atoms with Gasteiger partial charge in [-0.15, -0.1) is 6.42 Å². The Balaban J connectivity index is 1.98. The maximum atomic E-state index is 5.35. The molecule has 1 saturated heterocycles. The summed E-state index contributed by atoms with van der Waals surface area (Å²) in [4.78, 5) is 2.46. The van der Waals surface area contributed by atoms with Crippen LogP contribution in [0.5, 0.6) is 0 Å². The molecule has 2 aliphatic rings. The van der Waals surface area contributed by atoms with Crippen LogP contribution in [0.15, 0.2) is 0 Å². The van der Waals surface area contributed by atoms with Crippen LogP contribution >= 0.6 is 0 Å². The van der Waals surface area contributed by atoms with E-state index < -0.39 is 0 Å². The second-order valence-corrected chi connectivity index (χ2v) is 4.82. The third-order valence-electron chi connectivity index (χ3n) is 4.13. The van der Waals surface area contributed by atoms with E-state index in [0.717, 1.165) is 12.5 Å². The van der Waals surface area contributed by atoms with Crippen LogP contribution in [0.25, 0.3) is 0 Å². The first-order valence-corrected chi connectivity index (χ1v) is 5.43. The van der Waals surface area contributed by atoms with E-state index in [1.807, 2.05) is 0 Å². The van der Waals surface area contributed by atoms with Gasteiger partial charge in [0.25, 0.3) is 0 Å². The van der Waals surface area contributed by atoms with E-state index in [0.29, 0.717) is 5.41 Å². The number of hydrogen-bond donors (Lipinski definition) is 0. The van der Waals surface area contributed by atoms with Crippen molar-refractivity contribution < 1.29 is 0 Å². The number of terminal acetylenes is 1. The van der Waals surface area contributed by atoms with Crippen molar-refractivity contribution >= 4 is 0 Å². The van der Waals surface area contributed by atoms with E-state index in [4.69, 9.17) is 6.42 Å². The first kappa shape index (κ1) is 9.09. The van der Waals surface area contributed by atoms with Gasteiger partial charge in [-0.05, 0) is 37.1 Å². The largest absolute Gasteiger partial charge is 0.292 e. The maximum Gasteiger partial charge on any atom is 0.0599 e. The SMILES string of the molecule is C#CCN1CCC(C)C2(CCC2)C1. The molecule has 0 bridgehead atoms. The molecule has 2 rings (SSSR count). The van der Waals surface area contributed by atoms with Crippen molar-refractivity contribution in [3.8, 4) is 12.3 Å². The molecule has 1 atom stereocenters. The molecule has 72 valence electrons. The highest BCUT2D eigenvalue weighted by atomic mass is 15.1. The average Bonchev–Trinajstić information content (AvgIpc) is 2.06. The predicted molar refractivity (Wildman–Crippen MR) is 55.3 cm³/mol. The van der Waals surface area contributed by atoms with Crippen molar-refractivity contribution in [1.82, 2.24) is 4.90 Å². The Morgan fingerprint density at radius 3 is 2.85 bits per heavy atom. The minimum Gasteiger partial charge on any atom is -0.292 e. The summed E-state index contributed by atoms with van der Waals surface area (Å²) in [6.45, 7) is 5.76. The van der Waals surface area contributed by atoms with E-state index in [2.05, 4.69) is 17.7 Å². The Morgan fingerprint density at radius 2 is 2.31 bits per heavy atom. The van der Waals surface area contributed by atoms with Gasteiger partial charge in [-0.25, -0.2) is 0 Å². The molecule has 1 heterocycles. The third-order valence-corrected chi connectivity index (χ3v) is 4.13. The van der Waals surface area contributed by atoms with Crippen molar-refractivity contribution in [2.24, 2.45) is 11.3 Å². The highest BCUT2D eigenvalue weighted by Gasteiger charge is 2.44. The van der Waals surface area contributed by atoms with Gasteiger partial charge >= 0.3 is 0 Å². The molecule has 1 nitrogen and oxygen atoms in total. The number of likely N-dealkylation sites (tertiary alicyclic amines) is 1. The topological polar surface area (TPSA) is 3.24 Å². The summed E-state index contributed by atoms with van der Waals surface area (Å²) in [6.07, 6.45) is 11.0. The quantitative estimate of drug-likeness (QED) is 0.555. The molecule has 0 N–H and O–H groups in total. The van der Waals surface area contributed by atoms with E-state index in [1.165, 1.54) is 38.8 Å². The van der Waals surface area contributed by atoms with E-state index in [-0.39, 0.29) is 0 Å². The summed E-state index contributed by atoms with van der Waals surface area (Å²) in [6, 6.07) is 0. The summed E-state index contributed by atoms with van der Waals surface area (Å²) >= 11 is 0. The van der Waals surface area contributed by atoms with Crippen LogP contribution in [0.3, 0.4) is 0 Å². The number of rotatable bonds is 1. The lowest BCUT2D eigenvalue weighted by Gasteiger charge is -2.52. The summed E-state index contributed by atoms with van der Waals surface area (Å²) in [5.74, 6) is 3.69. The minimum atomic E-state index is 0.662. The Hall–Kier alpha value is -0.480. The average molecular weight is 177 g/mol. The first-order valence-electron chi connectivity index (χ1n) is 5.43. The van der Waals surface area contributed by atoms with Crippen LogP contribution in [0, 0.1) is 23.7 Å². The monoisotopic (exact) mass is 177 g/mol. The third kappa shape index (κ3) is 1.48. The zero-order valence-corrected chi connectivity index (χ0v) is 8.55. The van der Waals surface area contributed by atoms with E-state index in [1.54, 1.807) is 0 Å². The molecule has 1 aliphatic heterocycles. The molecular formula is C12H19N. The van der Waals surface area contributed by atoms with Crippen molar-refractivity contribution in [1.29, 1.82) is 0 Å². The van der Waals surface area contributed by atoms with Gasteiger partial charge in [0.05, 0.1) is 6.54 Å². The van der Waals surface area contributed by atoms with E-state index >= 15 is 0 Å². The van der Waals surface area contributed by atoms with Gasteiger partial charge in [-0.2, -0.15) is 0 Å². The molecule has 1 unspecified atom stereocenters. The molecule has 0 aromatic carbocycles. The van der Waals surface area contributed by atoms with Gasteiger partial charge in [-0.3, -0.25) is 4.90 Å². The highest BCUT2D eigenvalue weighted by Crippen LogP contribution is 2.50. The van der Waals surface area contributed by atoms with Crippen LogP contribution in [-0.2, 0) is 0 Å². The molecule has 0 aromatic heterocycles. The molecule has 0 amide bonds. The lowest BCUT2D eigenvalue weighted by Crippen LogP contribution is -2.51. The lowest BCUT2D eigenvalue weighted by atomic mass is 9.59. The van der Waals surface area contributed by atoms with Gasteiger partial charge in [0, 0.05) is 6.54 Å². The van der Waals surface area contributed by atoms with Gasteiger partial charge in [-0.1, -0.05) is 19.3 Å². The summed E-state index contributed by atoms with van der Waals surface area (Å²) in [5.41, 5.74) is 0.662. The number of nitrogens with zero attached hydrogens (tertiary/aromatic N) is 1. The second-order valence-electron chi connectivity index (χ2n) is 4.82. The van der Waals surface area contributed by atoms with Crippen molar-refractivity contribution in [3.05, 3.63) is 0 Å². The summed E-state index contributed by atoms with van der Waals surface area (Å²) in [5, 5.41) is 0. The maximum absolute atomic E-state index is 5.35.